The average Bonchev–Trinajstić information content (AvgIpc) is 2.64. The van der Waals surface area contributed by atoms with E-state index in [-0.39, 0.29) is 5.78 Å². The quantitative estimate of drug-likeness (QED) is 0.547. The van der Waals surface area contributed by atoms with Crippen molar-refractivity contribution in [3.63, 3.8) is 0 Å². The second-order valence-corrected chi connectivity index (χ2v) is 12.5. The maximum Gasteiger partial charge on any atom is 0.163 e. The summed E-state index contributed by atoms with van der Waals surface area (Å²) in [4.78, 5) is 12.0. The molecule has 21 heavy (non-hydrogen) atoms. The highest BCUT2D eigenvalue weighted by molar-refractivity contribution is 6.75. The van der Waals surface area contributed by atoms with Crippen LogP contribution in [0.4, 0.5) is 0 Å². The van der Waals surface area contributed by atoms with E-state index >= 15 is 0 Å². The standard InChI is InChI=1S/C17H21ClO2Si/c1-11(19)16-12(2)20-15(10-21(3,4)5)17(16)13-6-8-14(18)9-7-13/h6-9H,10H2,1-5H3. The first-order valence-electron chi connectivity index (χ1n) is 7.08. The third-order valence-corrected chi connectivity index (χ3v) is 4.97. The molecule has 0 spiro atoms. The summed E-state index contributed by atoms with van der Waals surface area (Å²) in [5.41, 5.74) is 2.64. The molecule has 1 heterocycles. The molecule has 0 aliphatic heterocycles. The molecule has 4 heteroatoms. The van der Waals surface area contributed by atoms with E-state index < -0.39 is 8.07 Å². The van der Waals surface area contributed by atoms with Crippen LogP contribution < -0.4 is 0 Å². The highest BCUT2D eigenvalue weighted by Crippen LogP contribution is 2.35. The Bertz CT molecular complexity index is 663. The number of carbonyl (C=O) groups is 1. The Labute approximate surface area is 132 Å². The number of hydrogen-bond acceptors (Lipinski definition) is 2. The van der Waals surface area contributed by atoms with Crippen LogP contribution >= 0.6 is 11.6 Å². The van der Waals surface area contributed by atoms with Crippen LogP contribution in [0.25, 0.3) is 11.1 Å². The molecule has 0 bridgehead atoms. The largest absolute Gasteiger partial charge is 0.465 e. The average molecular weight is 321 g/mol. The van der Waals surface area contributed by atoms with Crippen molar-refractivity contribution in [3.8, 4) is 11.1 Å². The normalized spacial score (nSPS) is 11.7. The molecule has 0 amide bonds. The summed E-state index contributed by atoms with van der Waals surface area (Å²) < 4.78 is 5.95. The molecule has 0 radical (unpaired) electrons. The van der Waals surface area contributed by atoms with Gasteiger partial charge in [-0.2, -0.15) is 0 Å². The Morgan fingerprint density at radius 1 is 1.19 bits per heavy atom. The highest BCUT2D eigenvalue weighted by Gasteiger charge is 2.26. The first-order valence-corrected chi connectivity index (χ1v) is 11.2. The summed E-state index contributed by atoms with van der Waals surface area (Å²) >= 11 is 5.97. The number of hydrogen-bond donors (Lipinski definition) is 0. The Morgan fingerprint density at radius 2 is 1.76 bits per heavy atom. The van der Waals surface area contributed by atoms with E-state index in [0.717, 1.165) is 22.9 Å². The zero-order valence-corrected chi connectivity index (χ0v) is 15.0. The number of rotatable bonds is 4. The zero-order valence-electron chi connectivity index (χ0n) is 13.2. The van der Waals surface area contributed by atoms with Gasteiger partial charge in [-0.15, -0.1) is 0 Å². The van der Waals surface area contributed by atoms with Crippen molar-refractivity contribution in [3.05, 3.63) is 46.4 Å². The molecular weight excluding hydrogens is 300 g/mol. The molecule has 0 aliphatic rings. The first-order chi connectivity index (χ1) is 9.69. The fraction of sp³-hybridized carbons (Fsp3) is 0.353. The minimum Gasteiger partial charge on any atom is -0.465 e. The molecule has 0 N–H and O–H groups in total. The van der Waals surface area contributed by atoms with Gasteiger partial charge < -0.3 is 4.42 Å². The van der Waals surface area contributed by atoms with Gasteiger partial charge in [-0.1, -0.05) is 43.4 Å². The molecular formula is C17H21ClO2Si. The molecule has 0 saturated heterocycles. The van der Waals surface area contributed by atoms with Crippen molar-refractivity contribution in [1.29, 1.82) is 0 Å². The van der Waals surface area contributed by atoms with E-state index in [2.05, 4.69) is 19.6 Å². The van der Waals surface area contributed by atoms with Gasteiger partial charge >= 0.3 is 0 Å². The van der Waals surface area contributed by atoms with Crippen molar-refractivity contribution in [2.24, 2.45) is 0 Å². The molecule has 2 nitrogen and oxygen atoms in total. The predicted molar refractivity (Wildman–Crippen MR) is 90.9 cm³/mol. The number of aryl methyl sites for hydroxylation is 1. The summed E-state index contributed by atoms with van der Waals surface area (Å²) in [6, 6.07) is 8.52. The minimum absolute atomic E-state index is 0.0445. The highest BCUT2D eigenvalue weighted by atomic mass is 35.5. The van der Waals surface area contributed by atoms with Crippen LogP contribution in [-0.4, -0.2) is 13.9 Å². The second kappa shape index (κ2) is 5.82. The smallest absolute Gasteiger partial charge is 0.163 e. The fourth-order valence-corrected chi connectivity index (χ4v) is 3.89. The van der Waals surface area contributed by atoms with Crippen LogP contribution in [0, 0.1) is 6.92 Å². The molecule has 0 unspecified atom stereocenters. The van der Waals surface area contributed by atoms with Crippen LogP contribution in [0.3, 0.4) is 0 Å². The van der Waals surface area contributed by atoms with Crippen molar-refractivity contribution in [2.45, 2.75) is 39.5 Å². The lowest BCUT2D eigenvalue weighted by Gasteiger charge is -2.15. The van der Waals surface area contributed by atoms with Gasteiger partial charge in [0.2, 0.25) is 0 Å². The summed E-state index contributed by atoms with van der Waals surface area (Å²) in [5.74, 6) is 1.68. The maximum absolute atomic E-state index is 12.0. The van der Waals surface area contributed by atoms with Gasteiger partial charge in [0.15, 0.2) is 5.78 Å². The van der Waals surface area contributed by atoms with Gasteiger partial charge in [-0.05, 0) is 31.5 Å². The molecule has 0 atom stereocenters. The van der Waals surface area contributed by atoms with Gasteiger partial charge in [-0.25, -0.2) is 0 Å². The summed E-state index contributed by atoms with van der Waals surface area (Å²) in [7, 11) is -1.35. The van der Waals surface area contributed by atoms with E-state index in [1.165, 1.54) is 0 Å². The molecule has 0 saturated carbocycles. The minimum atomic E-state index is -1.35. The molecule has 2 aromatic rings. The predicted octanol–water partition coefficient (Wildman–Crippen LogP) is 5.53. The molecule has 2 rings (SSSR count). The van der Waals surface area contributed by atoms with Crippen LogP contribution in [0.15, 0.2) is 28.7 Å². The van der Waals surface area contributed by atoms with Gasteiger partial charge in [0, 0.05) is 16.6 Å². The van der Waals surface area contributed by atoms with Gasteiger partial charge in [0.1, 0.15) is 11.5 Å². The fourth-order valence-electron chi connectivity index (χ4n) is 2.55. The van der Waals surface area contributed by atoms with Gasteiger partial charge in [-0.3, -0.25) is 4.79 Å². The number of benzene rings is 1. The van der Waals surface area contributed by atoms with Gasteiger partial charge in [0.25, 0.3) is 0 Å². The summed E-state index contributed by atoms with van der Waals surface area (Å²) in [6.45, 7) is 10.3. The number of Topliss-reactive ketones (excluding diaryl/α,β-unsaturated/α-hetero) is 1. The van der Waals surface area contributed by atoms with Crippen molar-refractivity contribution < 1.29 is 9.21 Å². The number of halogens is 1. The Kier molecular flexibility index (Phi) is 4.45. The van der Waals surface area contributed by atoms with Crippen LogP contribution in [0.5, 0.6) is 0 Å². The van der Waals surface area contributed by atoms with Crippen LogP contribution in [-0.2, 0) is 6.04 Å². The molecule has 0 aliphatic carbocycles. The van der Waals surface area contributed by atoms with E-state index in [9.17, 15) is 4.79 Å². The first kappa shape index (κ1) is 16.1. The van der Waals surface area contributed by atoms with E-state index in [0.29, 0.717) is 16.3 Å². The second-order valence-electron chi connectivity index (χ2n) is 6.63. The van der Waals surface area contributed by atoms with Crippen LogP contribution in [0.2, 0.25) is 24.7 Å². The third kappa shape index (κ3) is 3.66. The number of carbonyl (C=O) groups excluding carboxylic acids is 1. The lowest BCUT2D eigenvalue weighted by Crippen LogP contribution is -2.24. The van der Waals surface area contributed by atoms with Crippen molar-refractivity contribution >= 4 is 25.5 Å². The monoisotopic (exact) mass is 320 g/mol. The summed E-state index contributed by atoms with van der Waals surface area (Å²) in [6.07, 6.45) is 0. The third-order valence-electron chi connectivity index (χ3n) is 3.33. The zero-order chi connectivity index (χ0) is 15.8. The van der Waals surface area contributed by atoms with Gasteiger partial charge in [0.05, 0.1) is 13.6 Å². The lowest BCUT2D eigenvalue weighted by molar-refractivity contribution is 0.101. The molecule has 1 aromatic carbocycles. The summed E-state index contributed by atoms with van der Waals surface area (Å²) in [5, 5.41) is 0.690. The Hall–Kier alpha value is -1.32. The number of furan rings is 1. The molecule has 112 valence electrons. The Morgan fingerprint density at radius 3 is 2.24 bits per heavy atom. The van der Waals surface area contributed by atoms with Crippen molar-refractivity contribution in [1.82, 2.24) is 0 Å². The SMILES string of the molecule is CC(=O)c1c(C)oc(C[Si](C)(C)C)c1-c1ccc(Cl)cc1. The van der Waals surface area contributed by atoms with Crippen molar-refractivity contribution in [2.75, 3.05) is 0 Å². The van der Waals surface area contributed by atoms with E-state index in [4.69, 9.17) is 16.0 Å². The van der Waals surface area contributed by atoms with E-state index in [1.54, 1.807) is 6.92 Å². The number of ketones is 1. The molecule has 0 fully saturated rings. The van der Waals surface area contributed by atoms with E-state index in [1.807, 2.05) is 31.2 Å². The van der Waals surface area contributed by atoms with Crippen LogP contribution in [0.1, 0.15) is 28.8 Å². The topological polar surface area (TPSA) is 30.2 Å². The Balaban J connectivity index is 2.64. The maximum atomic E-state index is 12.0. The molecule has 1 aromatic heterocycles. The lowest BCUT2D eigenvalue weighted by atomic mass is 9.98.